The second-order valence-corrected chi connectivity index (χ2v) is 7.46. The Bertz CT molecular complexity index is 812. The quantitative estimate of drug-likeness (QED) is 0.751. The van der Waals surface area contributed by atoms with Crippen LogP contribution in [0.4, 0.5) is 0 Å². The lowest BCUT2D eigenvalue weighted by atomic mass is 10.3. The monoisotopic (exact) mass is 395 g/mol. The van der Waals surface area contributed by atoms with Crippen LogP contribution in [0.15, 0.2) is 34.4 Å². The summed E-state index contributed by atoms with van der Waals surface area (Å²) in [6.07, 6.45) is 0. The SMILES string of the molecule is Cc1csc(=O)n1CC(=O)N1CCN(CCOc2ccccc2Cl)CC1. The Hall–Kier alpha value is -1.83. The van der Waals surface area contributed by atoms with E-state index >= 15 is 0 Å². The van der Waals surface area contributed by atoms with E-state index in [9.17, 15) is 9.59 Å². The van der Waals surface area contributed by atoms with Gasteiger partial charge in [-0.1, -0.05) is 35.1 Å². The number of hydrogen-bond acceptors (Lipinski definition) is 5. The molecule has 2 heterocycles. The molecule has 0 bridgehead atoms. The van der Waals surface area contributed by atoms with Gasteiger partial charge in [-0.3, -0.25) is 19.1 Å². The number of hydrogen-bond donors (Lipinski definition) is 0. The maximum absolute atomic E-state index is 12.4. The van der Waals surface area contributed by atoms with Gasteiger partial charge in [-0.25, -0.2) is 0 Å². The molecule has 1 aromatic heterocycles. The lowest BCUT2D eigenvalue weighted by Gasteiger charge is -2.34. The fourth-order valence-corrected chi connectivity index (χ4v) is 3.82. The summed E-state index contributed by atoms with van der Waals surface area (Å²) >= 11 is 7.21. The topological polar surface area (TPSA) is 54.8 Å². The Kier molecular flexibility index (Phi) is 6.34. The van der Waals surface area contributed by atoms with Gasteiger partial charge in [0.15, 0.2) is 0 Å². The number of para-hydroxylation sites is 1. The molecule has 2 aromatic rings. The minimum Gasteiger partial charge on any atom is -0.491 e. The van der Waals surface area contributed by atoms with Crippen molar-refractivity contribution in [3.8, 4) is 5.75 Å². The molecular weight excluding hydrogens is 374 g/mol. The highest BCUT2D eigenvalue weighted by molar-refractivity contribution is 7.07. The number of piperazine rings is 1. The van der Waals surface area contributed by atoms with Crippen molar-refractivity contribution in [3.05, 3.63) is 50.0 Å². The van der Waals surface area contributed by atoms with Crippen LogP contribution in [0.2, 0.25) is 5.02 Å². The largest absolute Gasteiger partial charge is 0.491 e. The molecule has 0 atom stereocenters. The molecule has 1 fully saturated rings. The number of benzene rings is 1. The highest BCUT2D eigenvalue weighted by atomic mass is 35.5. The zero-order valence-electron chi connectivity index (χ0n) is 14.7. The average molecular weight is 396 g/mol. The highest BCUT2D eigenvalue weighted by Crippen LogP contribution is 2.22. The third kappa shape index (κ3) is 4.66. The van der Waals surface area contributed by atoms with Crippen molar-refractivity contribution in [2.45, 2.75) is 13.5 Å². The van der Waals surface area contributed by atoms with Crippen LogP contribution in [-0.4, -0.2) is 59.6 Å². The Morgan fingerprint density at radius 2 is 1.96 bits per heavy atom. The molecule has 0 saturated carbocycles. The van der Waals surface area contributed by atoms with Gasteiger partial charge in [0, 0.05) is 43.8 Å². The van der Waals surface area contributed by atoms with E-state index in [0.717, 1.165) is 36.7 Å². The van der Waals surface area contributed by atoms with Crippen LogP contribution in [-0.2, 0) is 11.3 Å². The minimum atomic E-state index is -0.0776. The molecule has 0 spiro atoms. The Balaban J connectivity index is 1.42. The third-order valence-electron chi connectivity index (χ3n) is 4.50. The average Bonchev–Trinajstić information content (AvgIpc) is 2.96. The number of aromatic nitrogens is 1. The predicted octanol–water partition coefficient (Wildman–Crippen LogP) is 2.09. The second kappa shape index (κ2) is 8.70. The van der Waals surface area contributed by atoms with Crippen molar-refractivity contribution >= 4 is 28.8 Å². The summed E-state index contributed by atoms with van der Waals surface area (Å²) < 4.78 is 7.26. The molecule has 1 amide bonds. The van der Waals surface area contributed by atoms with Crippen molar-refractivity contribution in [1.82, 2.24) is 14.4 Å². The first-order chi connectivity index (χ1) is 12.5. The standard InChI is InChI=1S/C18H22ClN3O3S/c1-14-13-26-18(24)22(14)12-17(23)21-8-6-20(7-9-21)10-11-25-16-5-3-2-4-15(16)19/h2-5,13H,6-12H2,1H3. The third-order valence-corrected chi connectivity index (χ3v) is 5.69. The summed E-state index contributed by atoms with van der Waals surface area (Å²) in [5, 5.41) is 2.40. The lowest BCUT2D eigenvalue weighted by Crippen LogP contribution is -2.50. The van der Waals surface area contributed by atoms with Crippen LogP contribution < -0.4 is 9.61 Å². The number of carbonyl (C=O) groups excluding carboxylic acids is 1. The van der Waals surface area contributed by atoms with Gasteiger partial charge in [0.2, 0.25) is 5.91 Å². The van der Waals surface area contributed by atoms with E-state index in [0.29, 0.717) is 30.5 Å². The van der Waals surface area contributed by atoms with Crippen LogP contribution in [0, 0.1) is 6.92 Å². The smallest absolute Gasteiger partial charge is 0.307 e. The summed E-state index contributed by atoms with van der Waals surface area (Å²) in [5.41, 5.74) is 0.837. The second-order valence-electron chi connectivity index (χ2n) is 6.23. The van der Waals surface area contributed by atoms with Crippen molar-refractivity contribution in [3.63, 3.8) is 0 Å². The molecule has 0 aliphatic carbocycles. The number of thiazole rings is 1. The van der Waals surface area contributed by atoms with Gasteiger partial charge in [-0.2, -0.15) is 0 Å². The predicted molar refractivity (Wildman–Crippen MR) is 103 cm³/mol. The molecule has 0 radical (unpaired) electrons. The zero-order valence-corrected chi connectivity index (χ0v) is 16.3. The molecular formula is C18H22ClN3O3S. The maximum Gasteiger partial charge on any atom is 0.307 e. The van der Waals surface area contributed by atoms with Gasteiger partial charge in [-0.15, -0.1) is 0 Å². The number of ether oxygens (including phenoxy) is 1. The summed E-state index contributed by atoms with van der Waals surface area (Å²) in [4.78, 5) is 28.2. The van der Waals surface area contributed by atoms with E-state index in [1.165, 1.54) is 4.57 Å². The molecule has 26 heavy (non-hydrogen) atoms. The van der Waals surface area contributed by atoms with E-state index in [4.69, 9.17) is 16.3 Å². The van der Waals surface area contributed by atoms with Crippen LogP contribution >= 0.6 is 22.9 Å². The van der Waals surface area contributed by atoms with Gasteiger partial charge in [0.05, 0.1) is 5.02 Å². The van der Waals surface area contributed by atoms with Crippen molar-refractivity contribution in [2.24, 2.45) is 0 Å². The lowest BCUT2D eigenvalue weighted by molar-refractivity contribution is -0.133. The summed E-state index contributed by atoms with van der Waals surface area (Å²) in [6.45, 7) is 6.26. The fraction of sp³-hybridized carbons (Fsp3) is 0.444. The van der Waals surface area contributed by atoms with E-state index < -0.39 is 0 Å². The molecule has 6 nitrogen and oxygen atoms in total. The number of rotatable bonds is 6. The molecule has 1 aromatic carbocycles. The van der Waals surface area contributed by atoms with Gasteiger partial charge in [0.25, 0.3) is 0 Å². The van der Waals surface area contributed by atoms with Crippen LogP contribution in [0.3, 0.4) is 0 Å². The number of halogens is 1. The molecule has 3 rings (SSSR count). The zero-order chi connectivity index (χ0) is 18.5. The van der Waals surface area contributed by atoms with Crippen LogP contribution in [0.25, 0.3) is 0 Å². The van der Waals surface area contributed by atoms with E-state index in [1.807, 2.05) is 36.1 Å². The first-order valence-electron chi connectivity index (χ1n) is 8.57. The summed E-state index contributed by atoms with van der Waals surface area (Å²) in [5.74, 6) is 0.695. The van der Waals surface area contributed by atoms with Crippen LogP contribution in [0.1, 0.15) is 5.69 Å². The highest BCUT2D eigenvalue weighted by Gasteiger charge is 2.22. The summed E-state index contributed by atoms with van der Waals surface area (Å²) in [6, 6.07) is 7.43. The van der Waals surface area contributed by atoms with Gasteiger partial charge >= 0.3 is 4.87 Å². The molecule has 8 heteroatoms. The summed E-state index contributed by atoms with van der Waals surface area (Å²) in [7, 11) is 0. The fourth-order valence-electron chi connectivity index (χ4n) is 2.90. The number of aryl methyl sites for hydroxylation is 1. The molecule has 0 unspecified atom stereocenters. The van der Waals surface area contributed by atoms with Gasteiger partial charge < -0.3 is 9.64 Å². The number of carbonyl (C=O) groups is 1. The molecule has 1 aliphatic heterocycles. The normalized spacial score (nSPS) is 15.2. The molecule has 1 aliphatic rings. The Morgan fingerprint density at radius 3 is 2.62 bits per heavy atom. The van der Waals surface area contributed by atoms with Gasteiger partial charge in [-0.05, 0) is 19.1 Å². The molecule has 1 saturated heterocycles. The first-order valence-corrected chi connectivity index (χ1v) is 9.83. The Morgan fingerprint density at radius 1 is 1.23 bits per heavy atom. The molecule has 0 N–H and O–H groups in total. The minimum absolute atomic E-state index is 0.000525. The maximum atomic E-state index is 12.4. The van der Waals surface area contributed by atoms with E-state index in [2.05, 4.69) is 4.90 Å². The van der Waals surface area contributed by atoms with E-state index in [1.54, 1.807) is 5.38 Å². The van der Waals surface area contributed by atoms with Crippen LogP contribution in [0.5, 0.6) is 5.75 Å². The van der Waals surface area contributed by atoms with Crippen molar-refractivity contribution in [1.29, 1.82) is 0 Å². The molecule has 140 valence electrons. The Labute approximate surface area is 161 Å². The van der Waals surface area contributed by atoms with Crippen molar-refractivity contribution in [2.75, 3.05) is 39.3 Å². The van der Waals surface area contributed by atoms with E-state index in [-0.39, 0.29) is 17.3 Å². The van der Waals surface area contributed by atoms with Gasteiger partial charge in [0.1, 0.15) is 18.9 Å². The number of amides is 1. The van der Waals surface area contributed by atoms with Crippen molar-refractivity contribution < 1.29 is 9.53 Å². The first kappa shape index (κ1) is 18.9. The number of nitrogens with zero attached hydrogens (tertiary/aromatic N) is 3.